The molecule has 0 saturated heterocycles. The number of ether oxygens (including phenoxy) is 1. The second-order valence-corrected chi connectivity index (χ2v) is 6.58. The molecule has 0 radical (unpaired) electrons. The molecule has 0 atom stereocenters. The maximum absolute atomic E-state index is 11.7. The lowest BCUT2D eigenvalue weighted by atomic mass is 10.4. The molecule has 112 valence electrons. The van der Waals surface area contributed by atoms with E-state index in [1.165, 1.54) is 7.05 Å². The number of anilines is 1. The zero-order chi connectivity index (χ0) is 15.3. The number of hydrogen-bond acceptors (Lipinski definition) is 8. The maximum atomic E-state index is 11.7. The topological polar surface area (TPSA) is 119 Å². The number of amides is 1. The van der Waals surface area contributed by atoms with Crippen molar-refractivity contribution in [2.24, 2.45) is 0 Å². The number of carbonyl (C=O) groups excluding carboxylic acids is 2. The second-order valence-electron chi connectivity index (χ2n) is 3.74. The van der Waals surface area contributed by atoms with Crippen molar-refractivity contribution < 1.29 is 22.7 Å². The fraction of sp³-hybridized carbons (Fsp3) is 0.556. The van der Waals surface area contributed by atoms with Gasteiger partial charge < -0.3 is 10.1 Å². The summed E-state index contributed by atoms with van der Waals surface area (Å²) in [5.41, 5.74) is -0.104. The van der Waals surface area contributed by atoms with Crippen LogP contribution in [0.1, 0.15) is 17.4 Å². The van der Waals surface area contributed by atoms with Crippen molar-refractivity contribution >= 4 is 38.4 Å². The molecule has 0 unspecified atom stereocenters. The number of carbonyl (C=O) groups is 2. The smallest absolute Gasteiger partial charge is 0.362 e. The number of aromatic nitrogens is 2. The zero-order valence-corrected chi connectivity index (χ0v) is 12.7. The van der Waals surface area contributed by atoms with Gasteiger partial charge >= 0.3 is 5.97 Å². The van der Waals surface area contributed by atoms with Crippen LogP contribution < -0.4 is 5.32 Å². The van der Waals surface area contributed by atoms with Crippen molar-refractivity contribution in [3.8, 4) is 0 Å². The van der Waals surface area contributed by atoms with E-state index in [1.807, 2.05) is 0 Å². The molecular formula is C9H14N4O5S2. The van der Waals surface area contributed by atoms with Gasteiger partial charge in [0.15, 0.2) is 5.00 Å². The number of esters is 1. The zero-order valence-electron chi connectivity index (χ0n) is 11.1. The van der Waals surface area contributed by atoms with Gasteiger partial charge in [0, 0.05) is 18.6 Å². The fourth-order valence-electron chi connectivity index (χ4n) is 1.09. The van der Waals surface area contributed by atoms with Crippen LogP contribution in [0.3, 0.4) is 0 Å². The largest absolute Gasteiger partial charge is 0.461 e. The summed E-state index contributed by atoms with van der Waals surface area (Å²) >= 11 is 0.805. The van der Waals surface area contributed by atoms with Gasteiger partial charge in [-0.05, 0) is 6.92 Å². The summed E-state index contributed by atoms with van der Waals surface area (Å²) in [7, 11) is -2.19. The Bertz CT molecular complexity index is 597. The van der Waals surface area contributed by atoms with Crippen LogP contribution in [0.15, 0.2) is 0 Å². The maximum Gasteiger partial charge on any atom is 0.362 e. The molecule has 1 N–H and O–H groups in total. The first-order chi connectivity index (χ1) is 9.25. The molecule has 0 aliphatic rings. The van der Waals surface area contributed by atoms with Crippen LogP contribution in [0.2, 0.25) is 0 Å². The molecule has 0 aromatic carbocycles. The van der Waals surface area contributed by atoms with Gasteiger partial charge in [0.2, 0.25) is 21.6 Å². The molecule has 1 aromatic heterocycles. The standard InChI is InChI=1S/C9H14N4O5S2/c1-4-18-9(15)7-8(19-12-11-7)10-6(14)5-13(2)20(3,16)17/h4-5H2,1-3H3,(H,10,14). The van der Waals surface area contributed by atoms with Crippen LogP contribution in [0.4, 0.5) is 5.00 Å². The number of nitrogens with one attached hydrogen (secondary N) is 1. The third-order valence-corrected chi connectivity index (χ3v) is 4.04. The van der Waals surface area contributed by atoms with Gasteiger partial charge in [-0.1, -0.05) is 4.49 Å². The summed E-state index contributed by atoms with van der Waals surface area (Å²) < 4.78 is 31.5. The minimum absolute atomic E-state index is 0.104. The van der Waals surface area contributed by atoms with Crippen LogP contribution in [0, 0.1) is 0 Å². The highest BCUT2D eigenvalue weighted by Crippen LogP contribution is 2.18. The Morgan fingerprint density at radius 3 is 2.65 bits per heavy atom. The molecule has 1 rings (SSSR count). The molecular weight excluding hydrogens is 308 g/mol. The monoisotopic (exact) mass is 322 g/mol. The minimum atomic E-state index is -3.46. The van der Waals surface area contributed by atoms with Gasteiger partial charge in [-0.15, -0.1) is 5.10 Å². The van der Waals surface area contributed by atoms with Crippen molar-refractivity contribution in [3.63, 3.8) is 0 Å². The molecule has 9 nitrogen and oxygen atoms in total. The highest BCUT2D eigenvalue weighted by molar-refractivity contribution is 7.88. The van der Waals surface area contributed by atoms with E-state index in [0.717, 1.165) is 22.1 Å². The van der Waals surface area contributed by atoms with Crippen LogP contribution in [0.5, 0.6) is 0 Å². The van der Waals surface area contributed by atoms with E-state index in [0.29, 0.717) is 0 Å². The summed E-state index contributed by atoms with van der Waals surface area (Å²) in [6, 6.07) is 0. The van der Waals surface area contributed by atoms with Gasteiger partial charge in [0.25, 0.3) is 0 Å². The molecule has 0 bridgehead atoms. The molecule has 0 spiro atoms. The number of likely N-dealkylation sites (N-methyl/N-ethyl adjacent to an activating group) is 1. The Labute approximate surface area is 120 Å². The van der Waals surface area contributed by atoms with Crippen molar-refractivity contribution in [1.82, 2.24) is 13.9 Å². The second kappa shape index (κ2) is 6.72. The molecule has 0 fully saturated rings. The highest BCUT2D eigenvalue weighted by Gasteiger charge is 2.21. The van der Waals surface area contributed by atoms with Gasteiger partial charge in [-0.25, -0.2) is 13.2 Å². The van der Waals surface area contributed by atoms with Crippen LogP contribution in [0.25, 0.3) is 0 Å². The van der Waals surface area contributed by atoms with Crippen LogP contribution in [-0.2, 0) is 19.6 Å². The number of hydrogen-bond donors (Lipinski definition) is 1. The van der Waals surface area contributed by atoms with Gasteiger partial charge in [0.1, 0.15) is 0 Å². The fourth-order valence-corrected chi connectivity index (χ4v) is 2.02. The normalized spacial score (nSPS) is 11.4. The highest BCUT2D eigenvalue weighted by atomic mass is 32.2. The predicted octanol–water partition coefficient (Wildman–Crippen LogP) is -0.455. The van der Waals surface area contributed by atoms with Crippen LogP contribution >= 0.6 is 11.5 Å². The summed E-state index contributed by atoms with van der Waals surface area (Å²) in [6.45, 7) is 1.43. The average Bonchev–Trinajstić information content (AvgIpc) is 2.75. The van der Waals surface area contributed by atoms with E-state index in [1.54, 1.807) is 6.92 Å². The van der Waals surface area contributed by atoms with E-state index in [4.69, 9.17) is 4.74 Å². The van der Waals surface area contributed by atoms with Crippen molar-refractivity contribution in [2.75, 3.05) is 31.8 Å². The molecule has 1 amide bonds. The molecule has 20 heavy (non-hydrogen) atoms. The summed E-state index contributed by atoms with van der Waals surface area (Å²) in [6.07, 6.45) is 0.985. The van der Waals surface area contributed by atoms with E-state index in [-0.39, 0.29) is 23.8 Å². The van der Waals surface area contributed by atoms with Crippen molar-refractivity contribution in [3.05, 3.63) is 5.69 Å². The lowest BCUT2D eigenvalue weighted by molar-refractivity contribution is -0.116. The predicted molar refractivity (Wildman–Crippen MR) is 72.0 cm³/mol. The molecule has 0 saturated carbocycles. The summed E-state index contributed by atoms with van der Waals surface area (Å²) in [5.74, 6) is -1.30. The van der Waals surface area contributed by atoms with Gasteiger partial charge in [-0.2, -0.15) is 4.31 Å². The lowest BCUT2D eigenvalue weighted by Crippen LogP contribution is -2.34. The summed E-state index contributed by atoms with van der Waals surface area (Å²) in [4.78, 5) is 23.2. The first-order valence-electron chi connectivity index (χ1n) is 5.46. The molecule has 1 aromatic rings. The minimum Gasteiger partial charge on any atom is -0.461 e. The van der Waals surface area contributed by atoms with Gasteiger partial charge in [-0.3, -0.25) is 4.79 Å². The van der Waals surface area contributed by atoms with E-state index in [2.05, 4.69) is 14.9 Å². The molecule has 0 aliphatic carbocycles. The Morgan fingerprint density at radius 1 is 1.45 bits per heavy atom. The lowest BCUT2D eigenvalue weighted by Gasteiger charge is -2.13. The Morgan fingerprint density at radius 2 is 2.10 bits per heavy atom. The first-order valence-corrected chi connectivity index (χ1v) is 8.08. The quantitative estimate of drug-likeness (QED) is 0.704. The first kappa shape index (κ1) is 16.5. The Kier molecular flexibility index (Phi) is 5.53. The van der Waals surface area contributed by atoms with Crippen LogP contribution in [-0.4, -0.2) is 60.6 Å². The molecule has 0 aliphatic heterocycles. The SMILES string of the molecule is CCOC(=O)c1nnsc1NC(=O)CN(C)S(C)(=O)=O. The molecule has 1 heterocycles. The Hall–Kier alpha value is -1.59. The van der Waals surface area contributed by atoms with E-state index >= 15 is 0 Å². The third kappa shape index (κ3) is 4.51. The average molecular weight is 322 g/mol. The van der Waals surface area contributed by atoms with Gasteiger partial charge in [0.05, 0.1) is 19.4 Å². The third-order valence-electron chi connectivity index (χ3n) is 2.14. The number of rotatable bonds is 6. The summed E-state index contributed by atoms with van der Waals surface area (Å²) in [5, 5.41) is 6.06. The Balaban J connectivity index is 2.73. The number of sulfonamides is 1. The van der Waals surface area contributed by atoms with Crippen molar-refractivity contribution in [2.45, 2.75) is 6.92 Å². The van der Waals surface area contributed by atoms with Crippen molar-refractivity contribution in [1.29, 1.82) is 0 Å². The van der Waals surface area contributed by atoms with E-state index < -0.39 is 21.9 Å². The number of nitrogens with zero attached hydrogens (tertiary/aromatic N) is 3. The van der Waals surface area contributed by atoms with E-state index in [9.17, 15) is 18.0 Å². The molecule has 11 heteroatoms.